The Balaban J connectivity index is 1.49. The lowest BCUT2D eigenvalue weighted by molar-refractivity contribution is -0.146. The second-order valence-corrected chi connectivity index (χ2v) is 10.7. The predicted octanol–water partition coefficient (Wildman–Crippen LogP) is 5.01. The van der Waals surface area contributed by atoms with E-state index in [9.17, 15) is 18.4 Å². The minimum atomic E-state index is -0.588. The molecule has 2 unspecified atom stereocenters. The molecule has 2 aliphatic heterocycles. The van der Waals surface area contributed by atoms with Crippen molar-refractivity contribution in [2.45, 2.75) is 39.3 Å². The number of aromatic nitrogens is 2. The van der Waals surface area contributed by atoms with Crippen LogP contribution in [0.4, 0.5) is 20.4 Å². The summed E-state index contributed by atoms with van der Waals surface area (Å²) in [5.41, 5.74) is 2.69. The van der Waals surface area contributed by atoms with Gasteiger partial charge >= 0.3 is 11.7 Å². The average molecular weight is 576 g/mol. The fourth-order valence-corrected chi connectivity index (χ4v) is 6.08. The van der Waals surface area contributed by atoms with Gasteiger partial charge in [-0.2, -0.15) is 4.98 Å². The number of fused-ring (bicyclic) bond motifs is 1. The lowest BCUT2D eigenvalue weighted by Crippen LogP contribution is -2.49. The highest BCUT2D eigenvalue weighted by molar-refractivity contribution is 6.04. The second kappa shape index (κ2) is 12.4. The van der Waals surface area contributed by atoms with Gasteiger partial charge in [-0.3, -0.25) is 14.3 Å². The van der Waals surface area contributed by atoms with Crippen LogP contribution in [0, 0.1) is 17.6 Å². The maximum atomic E-state index is 13.8. The molecule has 5 rings (SSSR count). The van der Waals surface area contributed by atoms with E-state index < -0.39 is 11.6 Å². The van der Waals surface area contributed by atoms with Crippen molar-refractivity contribution in [1.82, 2.24) is 14.5 Å². The van der Waals surface area contributed by atoms with Crippen molar-refractivity contribution < 1.29 is 18.3 Å². The summed E-state index contributed by atoms with van der Waals surface area (Å²) in [6.45, 7) is 12.1. The average Bonchev–Trinajstić information content (AvgIpc) is 2.97. The third kappa shape index (κ3) is 5.63. The molecule has 3 heterocycles. The molecule has 0 saturated carbocycles. The summed E-state index contributed by atoms with van der Waals surface area (Å²) in [6.07, 6.45) is 1.62. The molecule has 0 spiro atoms. The first-order valence-electron chi connectivity index (χ1n) is 14.2. The highest BCUT2D eigenvalue weighted by atomic mass is 19.1. The van der Waals surface area contributed by atoms with Crippen LogP contribution >= 0.6 is 0 Å². The molecule has 42 heavy (non-hydrogen) atoms. The highest BCUT2D eigenvalue weighted by Gasteiger charge is 2.40. The topological polar surface area (TPSA) is 80.0 Å². The number of ether oxygens (including phenoxy) is 1. The second-order valence-electron chi connectivity index (χ2n) is 10.7. The lowest BCUT2D eigenvalue weighted by atomic mass is 9.82. The van der Waals surface area contributed by atoms with Crippen LogP contribution in [0.5, 0.6) is 0 Å². The number of rotatable bonds is 8. The summed E-state index contributed by atoms with van der Waals surface area (Å²) in [5, 5.41) is 0. The molecule has 1 fully saturated rings. The van der Waals surface area contributed by atoms with Crippen molar-refractivity contribution in [3.63, 3.8) is 0 Å². The monoisotopic (exact) mass is 575 g/mol. The Kier molecular flexibility index (Phi) is 8.63. The van der Waals surface area contributed by atoms with Gasteiger partial charge in [-0.15, -0.1) is 6.58 Å². The molecule has 0 bridgehead atoms. The van der Waals surface area contributed by atoms with Crippen molar-refractivity contribution in [3.8, 4) is 0 Å². The normalized spacial score (nSPS) is 18.9. The van der Waals surface area contributed by atoms with Gasteiger partial charge in [0.2, 0.25) is 0 Å². The van der Waals surface area contributed by atoms with E-state index in [4.69, 9.17) is 9.73 Å². The third-order valence-corrected chi connectivity index (χ3v) is 8.06. The number of nitrogens with zero attached hydrogens (tertiary/aromatic N) is 5. The van der Waals surface area contributed by atoms with Crippen LogP contribution in [0.25, 0.3) is 0 Å². The van der Waals surface area contributed by atoms with E-state index in [0.29, 0.717) is 43.5 Å². The summed E-state index contributed by atoms with van der Waals surface area (Å²) < 4.78 is 34.4. The zero-order valence-electron chi connectivity index (χ0n) is 24.1. The minimum Gasteiger partial charge on any atom is -0.465 e. The molecule has 10 heteroatoms. The van der Waals surface area contributed by atoms with E-state index in [1.165, 1.54) is 28.8 Å². The highest BCUT2D eigenvalue weighted by Crippen LogP contribution is 2.43. The molecular weight excluding hydrogens is 540 g/mol. The zero-order chi connectivity index (χ0) is 30.0. The molecule has 0 amide bonds. The minimum absolute atomic E-state index is 0.213. The van der Waals surface area contributed by atoms with Gasteiger partial charge in [-0.25, -0.2) is 18.6 Å². The molecular formula is C32H35F2N5O3. The van der Waals surface area contributed by atoms with E-state index in [1.54, 1.807) is 44.2 Å². The van der Waals surface area contributed by atoms with Crippen molar-refractivity contribution in [1.29, 1.82) is 0 Å². The van der Waals surface area contributed by atoms with Gasteiger partial charge in [0.1, 0.15) is 29.2 Å². The molecule has 2 aliphatic rings. The quantitative estimate of drug-likeness (QED) is 0.278. The first kappa shape index (κ1) is 29.3. The van der Waals surface area contributed by atoms with Crippen LogP contribution in [0.1, 0.15) is 49.4 Å². The Morgan fingerprint density at radius 2 is 1.62 bits per heavy atom. The molecule has 8 nitrogen and oxygen atoms in total. The zero-order valence-corrected chi connectivity index (χ0v) is 24.1. The summed E-state index contributed by atoms with van der Waals surface area (Å²) >= 11 is 0. The maximum Gasteiger partial charge on any atom is 0.351 e. The lowest BCUT2D eigenvalue weighted by Gasteiger charge is -2.41. The number of carbonyl (C=O) groups excluding carboxylic acids is 1. The number of halogens is 2. The molecule has 3 aromatic rings. The largest absolute Gasteiger partial charge is 0.465 e. The van der Waals surface area contributed by atoms with E-state index in [2.05, 4.69) is 21.4 Å². The first-order chi connectivity index (χ1) is 20.2. The Labute approximate surface area is 244 Å². The van der Waals surface area contributed by atoms with Gasteiger partial charge in [0.15, 0.2) is 0 Å². The van der Waals surface area contributed by atoms with Gasteiger partial charge in [0.05, 0.1) is 12.6 Å². The molecule has 0 radical (unpaired) electrons. The molecule has 220 valence electrons. The van der Waals surface area contributed by atoms with Crippen LogP contribution in [-0.2, 0) is 16.1 Å². The molecule has 0 N–H and O–H groups in total. The summed E-state index contributed by atoms with van der Waals surface area (Å²) in [6, 6.07) is 12.5. The summed E-state index contributed by atoms with van der Waals surface area (Å²) in [4.78, 5) is 39.7. The van der Waals surface area contributed by atoms with Gasteiger partial charge < -0.3 is 9.64 Å². The number of aliphatic imine (C=N–C) groups is 1. The SMILES string of the molecule is C=CCn1c2c(c(N3CCN(C(c4ccc(F)cc4)c4ccc(F)cc4)CC3)nc1=O)C(C)C(C(=O)OCC)C(C)=N2. The Hall–Kier alpha value is -4.18. The number of hydrogen-bond donors (Lipinski definition) is 0. The number of piperazine rings is 1. The van der Waals surface area contributed by atoms with Gasteiger partial charge in [-0.1, -0.05) is 37.3 Å². The van der Waals surface area contributed by atoms with Gasteiger partial charge in [0.25, 0.3) is 0 Å². The smallest absolute Gasteiger partial charge is 0.351 e. The van der Waals surface area contributed by atoms with Crippen LogP contribution in [0.15, 0.2) is 71.0 Å². The van der Waals surface area contributed by atoms with Crippen LogP contribution in [-0.4, -0.2) is 58.9 Å². The number of hydrogen-bond acceptors (Lipinski definition) is 7. The molecule has 1 saturated heterocycles. The Bertz CT molecular complexity index is 1500. The summed E-state index contributed by atoms with van der Waals surface area (Å²) in [5.74, 6) is -0.888. The number of esters is 1. The van der Waals surface area contributed by atoms with E-state index >= 15 is 0 Å². The standard InChI is InChI=1S/C32H35F2N5O3/c1-5-15-39-30-27(20(3)26(21(4)35-30)31(40)42-6-2)29(36-32(39)41)38-18-16-37(17-19-38)28(22-7-11-24(33)12-8-22)23-9-13-25(34)14-10-23/h5,7-14,20,26,28H,1,6,15-19H2,2-4H3. The number of benzene rings is 2. The van der Waals surface area contributed by atoms with E-state index in [1.807, 2.05) is 6.92 Å². The fourth-order valence-electron chi connectivity index (χ4n) is 6.08. The van der Waals surface area contributed by atoms with Crippen LogP contribution < -0.4 is 10.6 Å². The molecule has 2 aromatic carbocycles. The van der Waals surface area contributed by atoms with Gasteiger partial charge in [0, 0.05) is 49.9 Å². The summed E-state index contributed by atoms with van der Waals surface area (Å²) in [7, 11) is 0. The number of allylic oxidation sites excluding steroid dienone is 1. The molecule has 0 aliphatic carbocycles. The fraction of sp³-hybridized carbons (Fsp3) is 0.375. The Morgan fingerprint density at radius 1 is 1.05 bits per heavy atom. The Morgan fingerprint density at radius 3 is 2.14 bits per heavy atom. The van der Waals surface area contributed by atoms with Crippen molar-refractivity contribution in [2.75, 3.05) is 37.7 Å². The number of anilines is 1. The van der Waals surface area contributed by atoms with Gasteiger partial charge in [-0.05, 0) is 49.2 Å². The van der Waals surface area contributed by atoms with Crippen molar-refractivity contribution in [3.05, 3.63) is 100.0 Å². The van der Waals surface area contributed by atoms with Crippen molar-refractivity contribution in [2.24, 2.45) is 10.9 Å². The van der Waals surface area contributed by atoms with E-state index in [-0.39, 0.29) is 42.7 Å². The molecule has 1 aromatic heterocycles. The molecule has 2 atom stereocenters. The number of carbonyl (C=O) groups is 1. The van der Waals surface area contributed by atoms with Crippen LogP contribution in [0.2, 0.25) is 0 Å². The predicted molar refractivity (Wildman–Crippen MR) is 158 cm³/mol. The third-order valence-electron chi connectivity index (χ3n) is 8.06. The maximum absolute atomic E-state index is 13.8. The van der Waals surface area contributed by atoms with Crippen molar-refractivity contribution >= 4 is 23.3 Å². The first-order valence-corrected chi connectivity index (χ1v) is 14.2. The van der Waals surface area contributed by atoms with Crippen LogP contribution in [0.3, 0.4) is 0 Å². The van der Waals surface area contributed by atoms with E-state index in [0.717, 1.165) is 16.7 Å².